The summed E-state index contributed by atoms with van der Waals surface area (Å²) in [5.74, 6) is 0.307. The standard InChI is InChI=1S/C18H15FO2/c1-21-15-9-8-12-6-7-14(18(20)16(12)11-15)10-13-4-2-3-5-17(13)19/h2-5,8-11H,6-7H2,1H3/b14-10-. The summed E-state index contributed by atoms with van der Waals surface area (Å²) < 4.78 is 18.9. The van der Waals surface area contributed by atoms with E-state index < -0.39 is 0 Å². The van der Waals surface area contributed by atoms with E-state index in [1.807, 2.05) is 12.1 Å². The minimum Gasteiger partial charge on any atom is -0.497 e. The average Bonchev–Trinajstić information content (AvgIpc) is 2.52. The molecule has 0 radical (unpaired) electrons. The van der Waals surface area contributed by atoms with Crippen molar-refractivity contribution in [3.63, 3.8) is 0 Å². The number of halogens is 1. The summed E-state index contributed by atoms with van der Waals surface area (Å²) in [4.78, 5) is 12.6. The molecular weight excluding hydrogens is 267 g/mol. The first-order chi connectivity index (χ1) is 10.2. The maximum atomic E-state index is 13.7. The molecule has 106 valence electrons. The average molecular weight is 282 g/mol. The maximum absolute atomic E-state index is 13.7. The Morgan fingerprint density at radius 2 is 1.95 bits per heavy atom. The van der Waals surface area contributed by atoms with Crippen LogP contribution < -0.4 is 4.74 Å². The molecule has 0 heterocycles. The van der Waals surface area contributed by atoms with Gasteiger partial charge in [0.1, 0.15) is 11.6 Å². The molecule has 3 rings (SSSR count). The fourth-order valence-electron chi connectivity index (χ4n) is 2.59. The number of ketones is 1. The van der Waals surface area contributed by atoms with Gasteiger partial charge in [-0.3, -0.25) is 4.79 Å². The van der Waals surface area contributed by atoms with Crippen molar-refractivity contribution in [3.8, 4) is 5.75 Å². The van der Waals surface area contributed by atoms with Crippen LogP contribution in [0.5, 0.6) is 5.75 Å². The minimum absolute atomic E-state index is 0.0431. The topological polar surface area (TPSA) is 26.3 Å². The second kappa shape index (κ2) is 5.52. The minimum atomic E-state index is -0.311. The van der Waals surface area contributed by atoms with Gasteiger partial charge < -0.3 is 4.74 Å². The normalized spacial score (nSPS) is 15.9. The van der Waals surface area contributed by atoms with Gasteiger partial charge in [-0.15, -0.1) is 0 Å². The van der Waals surface area contributed by atoms with E-state index in [0.29, 0.717) is 28.9 Å². The molecule has 0 N–H and O–H groups in total. The van der Waals surface area contributed by atoms with E-state index in [0.717, 1.165) is 12.0 Å². The van der Waals surface area contributed by atoms with Crippen LogP contribution in [0.3, 0.4) is 0 Å². The number of carbonyl (C=O) groups excluding carboxylic acids is 1. The number of ether oxygens (including phenoxy) is 1. The molecule has 2 aromatic carbocycles. The molecule has 2 nitrogen and oxygen atoms in total. The van der Waals surface area contributed by atoms with E-state index in [9.17, 15) is 9.18 Å². The highest BCUT2D eigenvalue weighted by molar-refractivity contribution is 6.13. The van der Waals surface area contributed by atoms with Gasteiger partial charge >= 0.3 is 0 Å². The number of benzene rings is 2. The van der Waals surface area contributed by atoms with Crippen LogP contribution in [0.25, 0.3) is 6.08 Å². The molecule has 0 saturated heterocycles. The van der Waals surface area contributed by atoms with Gasteiger partial charge in [0.05, 0.1) is 7.11 Å². The Kier molecular flexibility index (Phi) is 3.57. The number of allylic oxidation sites excluding steroid dienone is 1. The predicted octanol–water partition coefficient (Wildman–Crippen LogP) is 4.05. The summed E-state index contributed by atoms with van der Waals surface area (Å²) in [6.45, 7) is 0. The Morgan fingerprint density at radius 1 is 1.14 bits per heavy atom. The van der Waals surface area contributed by atoms with Gasteiger partial charge in [0.15, 0.2) is 5.78 Å². The third-order valence-corrected chi connectivity index (χ3v) is 3.75. The lowest BCUT2D eigenvalue weighted by Crippen LogP contribution is -2.14. The Labute approximate surface area is 122 Å². The van der Waals surface area contributed by atoms with E-state index >= 15 is 0 Å². The Hall–Kier alpha value is -2.42. The van der Waals surface area contributed by atoms with Crippen molar-refractivity contribution >= 4 is 11.9 Å². The third kappa shape index (κ3) is 2.59. The molecule has 0 amide bonds. The molecule has 0 aromatic heterocycles. The SMILES string of the molecule is COc1ccc2c(c1)C(=O)/C(=C\c1ccccc1F)CC2. The second-order valence-electron chi connectivity index (χ2n) is 5.04. The van der Waals surface area contributed by atoms with Gasteiger partial charge in [-0.05, 0) is 42.7 Å². The highest BCUT2D eigenvalue weighted by atomic mass is 19.1. The zero-order chi connectivity index (χ0) is 14.8. The van der Waals surface area contributed by atoms with Gasteiger partial charge in [0.25, 0.3) is 0 Å². The lowest BCUT2D eigenvalue weighted by atomic mass is 9.86. The summed E-state index contributed by atoms with van der Waals surface area (Å²) in [5.41, 5.74) is 2.77. The van der Waals surface area contributed by atoms with Crippen molar-refractivity contribution in [2.24, 2.45) is 0 Å². The molecule has 3 heteroatoms. The van der Waals surface area contributed by atoms with Gasteiger partial charge in [-0.25, -0.2) is 4.39 Å². The monoisotopic (exact) mass is 282 g/mol. The number of hydrogen-bond donors (Lipinski definition) is 0. The van der Waals surface area contributed by atoms with Crippen LogP contribution in [0.2, 0.25) is 0 Å². The molecule has 0 saturated carbocycles. The molecule has 0 unspecified atom stereocenters. The molecule has 0 bridgehead atoms. The van der Waals surface area contributed by atoms with Crippen LogP contribution in [0.1, 0.15) is 27.9 Å². The third-order valence-electron chi connectivity index (χ3n) is 3.75. The van der Waals surface area contributed by atoms with Gasteiger partial charge in [-0.1, -0.05) is 24.3 Å². The van der Waals surface area contributed by atoms with E-state index in [-0.39, 0.29) is 11.6 Å². The van der Waals surface area contributed by atoms with Crippen LogP contribution in [-0.2, 0) is 6.42 Å². The fourth-order valence-corrected chi connectivity index (χ4v) is 2.59. The van der Waals surface area contributed by atoms with E-state index in [4.69, 9.17) is 4.74 Å². The number of methoxy groups -OCH3 is 1. The van der Waals surface area contributed by atoms with Crippen molar-refractivity contribution in [3.05, 3.63) is 70.5 Å². The van der Waals surface area contributed by atoms with Crippen molar-refractivity contribution in [1.29, 1.82) is 0 Å². The van der Waals surface area contributed by atoms with Gasteiger partial charge in [0, 0.05) is 16.7 Å². The summed E-state index contributed by atoms with van der Waals surface area (Å²) in [6.07, 6.45) is 3.07. The molecule has 0 atom stereocenters. The first-order valence-corrected chi connectivity index (χ1v) is 6.86. The lowest BCUT2D eigenvalue weighted by Gasteiger charge is -2.18. The van der Waals surface area contributed by atoms with Gasteiger partial charge in [-0.2, -0.15) is 0 Å². The maximum Gasteiger partial charge on any atom is 0.189 e. The highest BCUT2D eigenvalue weighted by Gasteiger charge is 2.22. The summed E-state index contributed by atoms with van der Waals surface area (Å²) in [7, 11) is 1.57. The van der Waals surface area contributed by atoms with Crippen molar-refractivity contribution < 1.29 is 13.9 Å². The first-order valence-electron chi connectivity index (χ1n) is 6.86. The van der Waals surface area contributed by atoms with Crippen LogP contribution in [0.4, 0.5) is 4.39 Å². The second-order valence-corrected chi connectivity index (χ2v) is 5.04. The molecule has 1 aliphatic rings. The molecule has 0 aliphatic heterocycles. The number of carbonyl (C=O) groups is 1. The lowest BCUT2D eigenvalue weighted by molar-refractivity contribution is 0.102. The fraction of sp³-hybridized carbons (Fsp3) is 0.167. The van der Waals surface area contributed by atoms with Crippen molar-refractivity contribution in [1.82, 2.24) is 0 Å². The molecule has 21 heavy (non-hydrogen) atoms. The summed E-state index contributed by atoms with van der Waals surface area (Å²) >= 11 is 0. The Bertz CT molecular complexity index is 732. The van der Waals surface area contributed by atoms with Crippen LogP contribution in [0.15, 0.2) is 48.0 Å². The predicted molar refractivity (Wildman–Crippen MR) is 80.0 cm³/mol. The van der Waals surface area contributed by atoms with Crippen molar-refractivity contribution in [2.45, 2.75) is 12.8 Å². The Balaban J connectivity index is 2.00. The van der Waals surface area contributed by atoms with Crippen LogP contribution in [-0.4, -0.2) is 12.9 Å². The zero-order valence-electron chi connectivity index (χ0n) is 11.7. The largest absolute Gasteiger partial charge is 0.497 e. The summed E-state index contributed by atoms with van der Waals surface area (Å²) in [6, 6.07) is 12.0. The molecule has 0 spiro atoms. The zero-order valence-corrected chi connectivity index (χ0v) is 11.7. The summed E-state index contributed by atoms with van der Waals surface area (Å²) in [5, 5.41) is 0. The first kappa shape index (κ1) is 13.6. The number of fused-ring (bicyclic) bond motifs is 1. The molecule has 2 aromatic rings. The number of aryl methyl sites for hydroxylation is 1. The smallest absolute Gasteiger partial charge is 0.189 e. The van der Waals surface area contributed by atoms with Crippen LogP contribution >= 0.6 is 0 Å². The molecular formula is C18H15FO2. The number of rotatable bonds is 2. The van der Waals surface area contributed by atoms with E-state index in [1.54, 1.807) is 37.5 Å². The number of hydrogen-bond acceptors (Lipinski definition) is 2. The van der Waals surface area contributed by atoms with E-state index in [1.165, 1.54) is 6.07 Å². The van der Waals surface area contributed by atoms with Gasteiger partial charge in [0.2, 0.25) is 0 Å². The van der Waals surface area contributed by atoms with E-state index in [2.05, 4.69) is 0 Å². The Morgan fingerprint density at radius 3 is 2.71 bits per heavy atom. The molecule has 1 aliphatic carbocycles. The molecule has 0 fully saturated rings. The number of Topliss-reactive ketones (excluding diaryl/α,β-unsaturated/α-hetero) is 1. The van der Waals surface area contributed by atoms with Crippen molar-refractivity contribution in [2.75, 3.05) is 7.11 Å². The quantitative estimate of drug-likeness (QED) is 0.777. The highest BCUT2D eigenvalue weighted by Crippen LogP contribution is 2.29. The van der Waals surface area contributed by atoms with Crippen LogP contribution in [0, 0.1) is 5.82 Å².